The van der Waals surface area contributed by atoms with Crippen LogP contribution in [-0.4, -0.2) is 49.6 Å². The van der Waals surface area contributed by atoms with E-state index < -0.39 is 5.60 Å². The Morgan fingerprint density at radius 2 is 2.18 bits per heavy atom. The molecule has 3 atom stereocenters. The Bertz CT molecular complexity index is 287. The standard InChI is InChI=1S/C12H21NO4/c1-12(2,3)17-11(14)4-8-5-13-9-6-15-7-10(9)16-8/h8-10,13H,4-7H2,1-3H3/t8-,9+,10+/m1/s1. The number of carbonyl (C=O) groups excluding carboxylic acids is 1. The van der Waals surface area contributed by atoms with E-state index in [1.807, 2.05) is 20.8 Å². The maximum Gasteiger partial charge on any atom is 0.308 e. The molecule has 0 aromatic heterocycles. The molecule has 1 N–H and O–H groups in total. The lowest BCUT2D eigenvalue weighted by atomic mass is 10.1. The van der Waals surface area contributed by atoms with E-state index in [2.05, 4.69) is 5.32 Å². The van der Waals surface area contributed by atoms with Gasteiger partial charge in [0.2, 0.25) is 0 Å². The third kappa shape index (κ3) is 3.66. The van der Waals surface area contributed by atoms with Crippen molar-refractivity contribution in [2.24, 2.45) is 0 Å². The zero-order valence-electron chi connectivity index (χ0n) is 10.7. The van der Waals surface area contributed by atoms with Gasteiger partial charge in [-0.05, 0) is 20.8 Å². The van der Waals surface area contributed by atoms with Crippen LogP contribution in [0.5, 0.6) is 0 Å². The highest BCUT2D eigenvalue weighted by molar-refractivity contribution is 5.70. The lowest BCUT2D eigenvalue weighted by Crippen LogP contribution is -2.52. The lowest BCUT2D eigenvalue weighted by Gasteiger charge is -2.32. The first-order valence-corrected chi connectivity index (χ1v) is 6.12. The number of rotatable bonds is 2. The highest BCUT2D eigenvalue weighted by Crippen LogP contribution is 2.19. The van der Waals surface area contributed by atoms with Gasteiger partial charge in [-0.25, -0.2) is 0 Å². The summed E-state index contributed by atoms with van der Waals surface area (Å²) >= 11 is 0. The van der Waals surface area contributed by atoms with Crippen molar-refractivity contribution in [3.05, 3.63) is 0 Å². The van der Waals surface area contributed by atoms with Crippen LogP contribution in [-0.2, 0) is 19.0 Å². The third-order valence-electron chi connectivity index (χ3n) is 2.82. The third-order valence-corrected chi connectivity index (χ3v) is 2.82. The highest BCUT2D eigenvalue weighted by Gasteiger charge is 2.36. The van der Waals surface area contributed by atoms with Crippen molar-refractivity contribution in [1.29, 1.82) is 0 Å². The fraction of sp³-hybridized carbons (Fsp3) is 0.917. The first-order chi connectivity index (χ1) is 7.94. The van der Waals surface area contributed by atoms with Gasteiger partial charge in [-0.1, -0.05) is 0 Å². The van der Waals surface area contributed by atoms with Gasteiger partial charge in [0.05, 0.1) is 37.9 Å². The number of nitrogens with one attached hydrogen (secondary N) is 1. The fourth-order valence-corrected chi connectivity index (χ4v) is 2.13. The van der Waals surface area contributed by atoms with E-state index in [1.54, 1.807) is 0 Å². The molecule has 0 aromatic carbocycles. The molecule has 17 heavy (non-hydrogen) atoms. The van der Waals surface area contributed by atoms with Crippen LogP contribution in [0.3, 0.4) is 0 Å². The van der Waals surface area contributed by atoms with Crippen LogP contribution >= 0.6 is 0 Å². The average molecular weight is 243 g/mol. The predicted octanol–water partition coefficient (Wildman–Crippen LogP) is 0.474. The minimum absolute atomic E-state index is 0.0798. The zero-order valence-corrected chi connectivity index (χ0v) is 10.7. The van der Waals surface area contributed by atoms with Gasteiger partial charge in [-0.3, -0.25) is 4.79 Å². The molecule has 98 valence electrons. The van der Waals surface area contributed by atoms with E-state index in [0.29, 0.717) is 26.2 Å². The Balaban J connectivity index is 1.78. The summed E-state index contributed by atoms with van der Waals surface area (Å²) in [6.45, 7) is 7.60. The number of carbonyl (C=O) groups is 1. The van der Waals surface area contributed by atoms with Crippen LogP contribution < -0.4 is 5.32 Å². The van der Waals surface area contributed by atoms with Crippen molar-refractivity contribution in [2.45, 2.75) is 51.0 Å². The summed E-state index contributed by atoms with van der Waals surface area (Å²) in [5.41, 5.74) is -0.432. The first-order valence-electron chi connectivity index (χ1n) is 6.12. The van der Waals surface area contributed by atoms with Gasteiger partial charge in [0, 0.05) is 6.54 Å². The van der Waals surface area contributed by atoms with Crippen LogP contribution in [0.15, 0.2) is 0 Å². The van der Waals surface area contributed by atoms with Gasteiger partial charge in [-0.2, -0.15) is 0 Å². The topological polar surface area (TPSA) is 56.8 Å². The van der Waals surface area contributed by atoms with E-state index in [-0.39, 0.29) is 24.2 Å². The SMILES string of the molecule is CC(C)(C)OC(=O)C[C@@H]1CN[C@H]2COC[C@@H]2O1. The summed E-state index contributed by atoms with van der Waals surface area (Å²) < 4.78 is 16.4. The number of hydrogen-bond acceptors (Lipinski definition) is 5. The van der Waals surface area contributed by atoms with Gasteiger partial charge < -0.3 is 19.5 Å². The molecule has 0 unspecified atom stereocenters. The second-order valence-corrected chi connectivity index (χ2v) is 5.64. The average Bonchev–Trinajstić information content (AvgIpc) is 2.61. The Kier molecular flexibility index (Phi) is 3.70. The maximum absolute atomic E-state index is 11.7. The number of hydrogen-bond donors (Lipinski definition) is 1. The van der Waals surface area contributed by atoms with Gasteiger partial charge in [0.1, 0.15) is 5.60 Å². The summed E-state index contributed by atoms with van der Waals surface area (Å²) in [5.74, 6) is -0.207. The number of morpholine rings is 1. The van der Waals surface area contributed by atoms with Crippen LogP contribution in [0.1, 0.15) is 27.2 Å². The number of esters is 1. The Morgan fingerprint density at radius 1 is 1.41 bits per heavy atom. The molecular formula is C12H21NO4. The van der Waals surface area contributed by atoms with E-state index in [4.69, 9.17) is 14.2 Å². The van der Waals surface area contributed by atoms with Crippen LogP contribution in [0, 0.1) is 0 Å². The summed E-state index contributed by atoms with van der Waals surface area (Å²) in [6, 6.07) is 0.282. The van der Waals surface area contributed by atoms with Gasteiger partial charge in [0.25, 0.3) is 0 Å². The van der Waals surface area contributed by atoms with Gasteiger partial charge in [0.15, 0.2) is 0 Å². The van der Waals surface area contributed by atoms with Crippen LogP contribution in [0.2, 0.25) is 0 Å². The minimum Gasteiger partial charge on any atom is -0.460 e. The van der Waals surface area contributed by atoms with E-state index in [0.717, 1.165) is 0 Å². The monoisotopic (exact) mass is 243 g/mol. The van der Waals surface area contributed by atoms with Crippen molar-refractivity contribution >= 4 is 5.97 Å². The Labute approximate surface area is 102 Å². The van der Waals surface area contributed by atoms with Crippen molar-refractivity contribution in [3.8, 4) is 0 Å². The summed E-state index contributed by atoms with van der Waals surface area (Å²) in [4.78, 5) is 11.7. The van der Waals surface area contributed by atoms with Crippen molar-refractivity contribution in [2.75, 3.05) is 19.8 Å². The molecule has 0 radical (unpaired) electrons. The second kappa shape index (κ2) is 4.92. The predicted molar refractivity (Wildman–Crippen MR) is 61.7 cm³/mol. The molecular weight excluding hydrogens is 222 g/mol. The maximum atomic E-state index is 11.7. The van der Waals surface area contributed by atoms with E-state index in [1.165, 1.54) is 0 Å². The molecule has 0 aliphatic carbocycles. The molecule has 0 spiro atoms. The molecule has 2 heterocycles. The second-order valence-electron chi connectivity index (χ2n) is 5.64. The molecule has 0 amide bonds. The molecule has 2 rings (SSSR count). The normalized spacial score (nSPS) is 33.2. The fourth-order valence-electron chi connectivity index (χ4n) is 2.13. The quantitative estimate of drug-likeness (QED) is 0.715. The molecule has 2 fully saturated rings. The van der Waals surface area contributed by atoms with Crippen molar-refractivity contribution in [3.63, 3.8) is 0 Å². The smallest absolute Gasteiger partial charge is 0.308 e. The van der Waals surface area contributed by atoms with E-state index >= 15 is 0 Å². The van der Waals surface area contributed by atoms with Crippen molar-refractivity contribution < 1.29 is 19.0 Å². The summed E-state index contributed by atoms with van der Waals surface area (Å²) in [7, 11) is 0. The first kappa shape index (κ1) is 12.8. The summed E-state index contributed by atoms with van der Waals surface area (Å²) in [6.07, 6.45) is 0.275. The van der Waals surface area contributed by atoms with Crippen LogP contribution in [0.4, 0.5) is 0 Å². The van der Waals surface area contributed by atoms with Crippen LogP contribution in [0.25, 0.3) is 0 Å². The minimum atomic E-state index is -0.432. The lowest BCUT2D eigenvalue weighted by molar-refractivity contribution is -0.160. The van der Waals surface area contributed by atoms with Crippen molar-refractivity contribution in [1.82, 2.24) is 5.32 Å². The van der Waals surface area contributed by atoms with Gasteiger partial charge in [-0.15, -0.1) is 0 Å². The number of fused-ring (bicyclic) bond motifs is 1. The van der Waals surface area contributed by atoms with E-state index in [9.17, 15) is 4.79 Å². The molecule has 5 heteroatoms. The molecule has 2 aliphatic rings. The van der Waals surface area contributed by atoms with Gasteiger partial charge >= 0.3 is 5.97 Å². The molecule has 2 aliphatic heterocycles. The molecule has 0 saturated carbocycles. The number of ether oxygens (including phenoxy) is 3. The summed E-state index contributed by atoms with van der Waals surface area (Å²) in [5, 5.41) is 3.34. The molecule has 0 bridgehead atoms. The molecule has 2 saturated heterocycles. The molecule has 5 nitrogen and oxygen atoms in total. The highest BCUT2D eigenvalue weighted by atomic mass is 16.6. The Morgan fingerprint density at radius 3 is 2.88 bits per heavy atom. The largest absolute Gasteiger partial charge is 0.460 e. The Hall–Kier alpha value is -0.650. The zero-order chi connectivity index (χ0) is 12.5. The molecule has 0 aromatic rings.